The van der Waals surface area contributed by atoms with Gasteiger partial charge in [0.05, 0.1) is 12.1 Å². The quantitative estimate of drug-likeness (QED) is 0.846. The molecule has 120 valence electrons. The van der Waals surface area contributed by atoms with Crippen molar-refractivity contribution in [2.75, 3.05) is 13.2 Å². The predicted molar refractivity (Wildman–Crippen MR) is 68.4 cm³/mol. The normalized spacial score (nSPS) is 27.0. The molecule has 0 bridgehead atoms. The van der Waals surface area contributed by atoms with Crippen molar-refractivity contribution in [2.45, 2.75) is 50.7 Å². The van der Waals surface area contributed by atoms with Crippen molar-refractivity contribution in [3.8, 4) is 0 Å². The standard InChI is InChI=1S/C13H20F3N3O2/c1-9-3-2-5-12(17,7-9)11-18-10(19-21-11)4-6-20-8-13(14,15)16/h9H,2-8,17H2,1H3. The van der Waals surface area contributed by atoms with Crippen molar-refractivity contribution >= 4 is 0 Å². The summed E-state index contributed by atoms with van der Waals surface area (Å²) in [6.07, 6.45) is -0.453. The first-order valence-electron chi connectivity index (χ1n) is 7.05. The molecule has 1 aliphatic rings. The zero-order chi connectivity index (χ0) is 15.5. The maximum absolute atomic E-state index is 11.9. The minimum Gasteiger partial charge on any atom is -0.372 e. The highest BCUT2D eigenvalue weighted by Gasteiger charge is 2.37. The van der Waals surface area contributed by atoms with Gasteiger partial charge in [0.25, 0.3) is 0 Å². The summed E-state index contributed by atoms with van der Waals surface area (Å²) in [6.45, 7) is 0.755. The fourth-order valence-corrected chi connectivity index (χ4v) is 2.70. The SMILES string of the molecule is CC1CCCC(N)(c2nc(CCOCC(F)(F)F)no2)C1. The van der Waals surface area contributed by atoms with E-state index in [1.807, 2.05) is 0 Å². The Bertz CT molecular complexity index is 464. The minimum atomic E-state index is -4.32. The van der Waals surface area contributed by atoms with Gasteiger partial charge in [0, 0.05) is 6.42 Å². The summed E-state index contributed by atoms with van der Waals surface area (Å²) < 4.78 is 45.5. The molecule has 0 amide bonds. The van der Waals surface area contributed by atoms with Gasteiger partial charge in [-0.1, -0.05) is 24.9 Å². The van der Waals surface area contributed by atoms with E-state index >= 15 is 0 Å². The van der Waals surface area contributed by atoms with Crippen molar-refractivity contribution in [3.05, 3.63) is 11.7 Å². The Hall–Kier alpha value is -1.15. The van der Waals surface area contributed by atoms with Crippen molar-refractivity contribution in [2.24, 2.45) is 11.7 Å². The van der Waals surface area contributed by atoms with Crippen LogP contribution >= 0.6 is 0 Å². The van der Waals surface area contributed by atoms with E-state index in [1.54, 1.807) is 0 Å². The van der Waals surface area contributed by atoms with Gasteiger partial charge in [-0.3, -0.25) is 0 Å². The molecule has 1 saturated carbocycles. The molecular weight excluding hydrogens is 287 g/mol. The molecule has 0 aliphatic heterocycles. The van der Waals surface area contributed by atoms with Crippen molar-refractivity contribution in [1.82, 2.24) is 10.1 Å². The van der Waals surface area contributed by atoms with Crippen LogP contribution in [-0.4, -0.2) is 29.5 Å². The maximum atomic E-state index is 11.9. The summed E-state index contributed by atoms with van der Waals surface area (Å²) in [5, 5.41) is 3.77. The highest BCUT2D eigenvalue weighted by atomic mass is 19.4. The number of aromatic nitrogens is 2. The summed E-state index contributed by atoms with van der Waals surface area (Å²) in [7, 11) is 0. The van der Waals surface area contributed by atoms with Crippen molar-refractivity contribution in [1.29, 1.82) is 0 Å². The fraction of sp³-hybridized carbons (Fsp3) is 0.846. The van der Waals surface area contributed by atoms with Gasteiger partial charge in [-0.2, -0.15) is 18.2 Å². The average molecular weight is 307 g/mol. The molecule has 1 aliphatic carbocycles. The zero-order valence-electron chi connectivity index (χ0n) is 11.9. The summed E-state index contributed by atoms with van der Waals surface area (Å²) in [5.41, 5.74) is 5.70. The van der Waals surface area contributed by atoms with Crippen LogP contribution in [0.15, 0.2) is 4.52 Å². The van der Waals surface area contributed by atoms with Crippen LogP contribution in [0, 0.1) is 5.92 Å². The third-order valence-electron chi connectivity index (χ3n) is 3.66. The summed E-state index contributed by atoms with van der Waals surface area (Å²) in [4.78, 5) is 4.21. The predicted octanol–water partition coefficient (Wildman–Crippen LogP) is 2.56. The Labute approximate surface area is 121 Å². The second kappa shape index (κ2) is 6.31. The van der Waals surface area contributed by atoms with E-state index in [0.29, 0.717) is 17.6 Å². The van der Waals surface area contributed by atoms with Gasteiger partial charge in [0.1, 0.15) is 6.61 Å². The Kier molecular flexibility index (Phi) is 4.88. The molecule has 2 N–H and O–H groups in total. The van der Waals surface area contributed by atoms with Crippen LogP contribution < -0.4 is 5.73 Å². The summed E-state index contributed by atoms with van der Waals surface area (Å²) >= 11 is 0. The fourth-order valence-electron chi connectivity index (χ4n) is 2.70. The number of rotatable bonds is 5. The highest BCUT2D eigenvalue weighted by molar-refractivity contribution is 5.04. The van der Waals surface area contributed by atoms with E-state index in [9.17, 15) is 13.2 Å². The number of hydrogen-bond acceptors (Lipinski definition) is 5. The third kappa shape index (κ3) is 4.67. The first-order valence-corrected chi connectivity index (χ1v) is 7.05. The lowest BCUT2D eigenvalue weighted by molar-refractivity contribution is -0.173. The van der Waals surface area contributed by atoms with Gasteiger partial charge in [-0.15, -0.1) is 0 Å². The van der Waals surface area contributed by atoms with Crippen LogP contribution in [0.25, 0.3) is 0 Å². The van der Waals surface area contributed by atoms with E-state index in [2.05, 4.69) is 21.8 Å². The third-order valence-corrected chi connectivity index (χ3v) is 3.66. The molecule has 1 aromatic rings. The molecule has 1 heterocycles. The number of alkyl halides is 3. The van der Waals surface area contributed by atoms with Gasteiger partial charge in [-0.05, 0) is 18.8 Å². The Morgan fingerprint density at radius 3 is 2.90 bits per heavy atom. The van der Waals surface area contributed by atoms with Crippen LogP contribution in [0.4, 0.5) is 13.2 Å². The van der Waals surface area contributed by atoms with Crippen molar-refractivity contribution < 1.29 is 22.4 Å². The Morgan fingerprint density at radius 1 is 1.48 bits per heavy atom. The van der Waals surface area contributed by atoms with E-state index in [-0.39, 0.29) is 13.0 Å². The maximum Gasteiger partial charge on any atom is 0.411 e. The van der Waals surface area contributed by atoms with Gasteiger partial charge in [0.2, 0.25) is 5.89 Å². The van der Waals surface area contributed by atoms with E-state index in [1.165, 1.54) is 0 Å². The molecule has 8 heteroatoms. The molecule has 21 heavy (non-hydrogen) atoms. The molecule has 0 saturated heterocycles. The largest absolute Gasteiger partial charge is 0.411 e. The van der Waals surface area contributed by atoms with Gasteiger partial charge in [-0.25, -0.2) is 0 Å². The first-order chi connectivity index (χ1) is 9.78. The topological polar surface area (TPSA) is 74.2 Å². The monoisotopic (exact) mass is 307 g/mol. The molecule has 1 aromatic heterocycles. The molecule has 0 radical (unpaired) electrons. The minimum absolute atomic E-state index is 0.105. The summed E-state index contributed by atoms with van der Waals surface area (Å²) in [6, 6.07) is 0. The van der Waals surface area contributed by atoms with Gasteiger partial charge in [0.15, 0.2) is 5.82 Å². The molecule has 1 fully saturated rings. The average Bonchev–Trinajstić information content (AvgIpc) is 2.83. The smallest absolute Gasteiger partial charge is 0.372 e. The first kappa shape index (κ1) is 16.2. The second-order valence-corrected chi connectivity index (χ2v) is 5.79. The van der Waals surface area contributed by atoms with Gasteiger partial charge >= 0.3 is 6.18 Å². The molecule has 0 spiro atoms. The number of ether oxygens (including phenoxy) is 1. The molecule has 0 aromatic carbocycles. The van der Waals surface area contributed by atoms with Crippen LogP contribution in [0.2, 0.25) is 0 Å². The molecule has 2 unspecified atom stereocenters. The highest BCUT2D eigenvalue weighted by Crippen LogP contribution is 2.36. The lowest BCUT2D eigenvalue weighted by Gasteiger charge is -2.33. The van der Waals surface area contributed by atoms with E-state index in [4.69, 9.17) is 10.3 Å². The number of halogens is 3. The second-order valence-electron chi connectivity index (χ2n) is 5.79. The molecule has 2 rings (SSSR count). The number of nitrogens with two attached hydrogens (primary N) is 1. The van der Waals surface area contributed by atoms with E-state index in [0.717, 1.165) is 25.7 Å². The molecule has 2 atom stereocenters. The van der Waals surface area contributed by atoms with Crippen molar-refractivity contribution in [3.63, 3.8) is 0 Å². The molecular formula is C13H20F3N3O2. The van der Waals surface area contributed by atoms with Gasteiger partial charge < -0.3 is 15.0 Å². The molecule has 5 nitrogen and oxygen atoms in total. The summed E-state index contributed by atoms with van der Waals surface area (Å²) in [5.74, 6) is 1.20. The van der Waals surface area contributed by atoms with Crippen LogP contribution in [0.1, 0.15) is 44.3 Å². The zero-order valence-corrected chi connectivity index (χ0v) is 11.9. The van der Waals surface area contributed by atoms with E-state index < -0.39 is 18.3 Å². The Balaban J connectivity index is 1.86. The van der Waals surface area contributed by atoms with Crippen LogP contribution in [0.5, 0.6) is 0 Å². The Morgan fingerprint density at radius 2 is 2.24 bits per heavy atom. The van der Waals surface area contributed by atoms with Crippen LogP contribution in [-0.2, 0) is 16.7 Å². The number of hydrogen-bond donors (Lipinski definition) is 1. The lowest BCUT2D eigenvalue weighted by atomic mass is 9.77. The number of nitrogens with zero attached hydrogens (tertiary/aromatic N) is 2. The lowest BCUT2D eigenvalue weighted by Crippen LogP contribution is -2.41. The van der Waals surface area contributed by atoms with Crippen LogP contribution in [0.3, 0.4) is 0 Å².